The summed E-state index contributed by atoms with van der Waals surface area (Å²) in [5.41, 5.74) is 1.32. The summed E-state index contributed by atoms with van der Waals surface area (Å²) in [6, 6.07) is 8.28. The molecule has 144 valence electrons. The number of aromatic nitrogens is 1. The Kier molecular flexibility index (Phi) is 6.12. The average molecular weight is 416 g/mol. The van der Waals surface area contributed by atoms with E-state index in [9.17, 15) is 19.7 Å². The van der Waals surface area contributed by atoms with Crippen molar-refractivity contribution in [2.75, 3.05) is 10.6 Å². The van der Waals surface area contributed by atoms with Gasteiger partial charge in [0.05, 0.1) is 23.5 Å². The lowest BCUT2D eigenvalue weighted by molar-refractivity contribution is -0.385. The molecule has 0 aliphatic carbocycles. The first-order chi connectivity index (χ1) is 13.4. The Bertz CT molecular complexity index is 1010. The maximum atomic E-state index is 12.2. The van der Waals surface area contributed by atoms with Crippen LogP contribution in [-0.4, -0.2) is 21.7 Å². The van der Waals surface area contributed by atoms with Gasteiger partial charge in [-0.3, -0.25) is 19.7 Å². The fraction of sp³-hybridized carbons (Fsp3) is 0.167. The number of nitro groups is 1. The van der Waals surface area contributed by atoms with E-state index < -0.39 is 4.92 Å². The number of carbonyl (C=O) groups excluding carboxylic acids is 2. The molecule has 3 aromatic rings. The first-order valence-corrected chi connectivity index (χ1v) is 9.98. The highest BCUT2D eigenvalue weighted by atomic mass is 32.1. The molecule has 0 aliphatic heterocycles. The second-order valence-electron chi connectivity index (χ2n) is 5.93. The normalized spacial score (nSPS) is 10.5. The van der Waals surface area contributed by atoms with Gasteiger partial charge in [0.1, 0.15) is 0 Å². The Balaban J connectivity index is 1.56. The van der Waals surface area contributed by atoms with E-state index in [0.29, 0.717) is 22.1 Å². The average Bonchev–Trinajstić information content (AvgIpc) is 3.28. The second-order valence-corrected chi connectivity index (χ2v) is 7.82. The highest BCUT2D eigenvalue weighted by Crippen LogP contribution is 2.23. The molecule has 0 atom stereocenters. The van der Waals surface area contributed by atoms with Crippen molar-refractivity contribution in [2.24, 2.45) is 0 Å². The lowest BCUT2D eigenvalue weighted by atomic mass is 10.2. The van der Waals surface area contributed by atoms with E-state index in [1.165, 1.54) is 28.7 Å². The van der Waals surface area contributed by atoms with E-state index in [4.69, 9.17) is 0 Å². The molecule has 0 aliphatic rings. The quantitative estimate of drug-likeness (QED) is 0.449. The van der Waals surface area contributed by atoms with Gasteiger partial charge in [-0.15, -0.1) is 22.7 Å². The Morgan fingerprint density at radius 2 is 1.93 bits per heavy atom. The molecule has 1 aromatic carbocycles. The molecule has 3 rings (SSSR count). The molecule has 2 N–H and O–H groups in total. The van der Waals surface area contributed by atoms with Crippen LogP contribution in [0.5, 0.6) is 0 Å². The van der Waals surface area contributed by atoms with E-state index in [1.54, 1.807) is 24.4 Å². The van der Waals surface area contributed by atoms with Crippen LogP contribution in [0.2, 0.25) is 0 Å². The summed E-state index contributed by atoms with van der Waals surface area (Å²) >= 11 is 2.75. The Morgan fingerprint density at radius 3 is 2.64 bits per heavy atom. The molecule has 0 saturated heterocycles. The van der Waals surface area contributed by atoms with Gasteiger partial charge in [-0.1, -0.05) is 12.1 Å². The van der Waals surface area contributed by atoms with Crippen molar-refractivity contribution in [3.8, 4) is 0 Å². The van der Waals surface area contributed by atoms with Crippen molar-refractivity contribution in [3.63, 3.8) is 0 Å². The van der Waals surface area contributed by atoms with Gasteiger partial charge in [0.25, 0.3) is 5.69 Å². The van der Waals surface area contributed by atoms with Crippen molar-refractivity contribution >= 4 is 51.0 Å². The van der Waals surface area contributed by atoms with Crippen LogP contribution in [0.25, 0.3) is 0 Å². The number of aryl methyl sites for hydroxylation is 1. The Hall–Kier alpha value is -3.11. The fourth-order valence-corrected chi connectivity index (χ4v) is 3.86. The number of carbonyl (C=O) groups is 2. The lowest BCUT2D eigenvalue weighted by Crippen LogP contribution is -2.15. The number of thiophene rings is 1. The van der Waals surface area contributed by atoms with E-state index in [0.717, 1.165) is 4.88 Å². The van der Waals surface area contributed by atoms with E-state index >= 15 is 0 Å². The molecule has 0 radical (unpaired) electrons. The number of amides is 2. The van der Waals surface area contributed by atoms with Crippen LogP contribution in [-0.2, 0) is 22.4 Å². The van der Waals surface area contributed by atoms with Crippen molar-refractivity contribution < 1.29 is 14.5 Å². The van der Waals surface area contributed by atoms with Crippen LogP contribution < -0.4 is 10.6 Å². The smallest absolute Gasteiger partial charge is 0.274 e. The van der Waals surface area contributed by atoms with E-state index in [1.807, 2.05) is 17.5 Å². The third-order valence-corrected chi connectivity index (χ3v) is 5.43. The number of nitrogens with one attached hydrogen (secondary N) is 2. The van der Waals surface area contributed by atoms with Gasteiger partial charge in [-0.25, -0.2) is 4.98 Å². The maximum Gasteiger partial charge on any atom is 0.274 e. The van der Waals surface area contributed by atoms with Gasteiger partial charge >= 0.3 is 0 Å². The van der Waals surface area contributed by atoms with Gasteiger partial charge in [0.15, 0.2) is 5.13 Å². The monoisotopic (exact) mass is 416 g/mol. The van der Waals surface area contributed by atoms with E-state index in [-0.39, 0.29) is 30.3 Å². The van der Waals surface area contributed by atoms with Gasteiger partial charge in [0, 0.05) is 27.6 Å². The maximum absolute atomic E-state index is 12.2. The molecule has 2 amide bonds. The van der Waals surface area contributed by atoms with Crippen molar-refractivity contribution in [2.45, 2.75) is 19.8 Å². The molecule has 0 bridgehead atoms. The molecule has 0 spiro atoms. The molecule has 28 heavy (non-hydrogen) atoms. The van der Waals surface area contributed by atoms with Crippen LogP contribution in [0, 0.1) is 17.0 Å². The second kappa shape index (κ2) is 8.72. The molecule has 0 fully saturated rings. The van der Waals surface area contributed by atoms with Crippen molar-refractivity contribution in [1.29, 1.82) is 0 Å². The minimum Gasteiger partial charge on any atom is -0.325 e. The zero-order valence-corrected chi connectivity index (χ0v) is 16.4. The van der Waals surface area contributed by atoms with Gasteiger partial charge in [0.2, 0.25) is 11.8 Å². The molecular formula is C18H16N4O4S2. The van der Waals surface area contributed by atoms with Gasteiger partial charge < -0.3 is 10.6 Å². The summed E-state index contributed by atoms with van der Waals surface area (Å²) in [6.45, 7) is 1.63. The minimum absolute atomic E-state index is 0.00102. The van der Waals surface area contributed by atoms with Crippen LogP contribution in [0.4, 0.5) is 16.5 Å². The highest BCUT2D eigenvalue weighted by molar-refractivity contribution is 7.14. The largest absolute Gasteiger partial charge is 0.325 e. The highest BCUT2D eigenvalue weighted by Gasteiger charge is 2.14. The van der Waals surface area contributed by atoms with Crippen LogP contribution in [0.3, 0.4) is 0 Å². The molecule has 10 heteroatoms. The molecule has 2 aromatic heterocycles. The molecule has 0 saturated carbocycles. The third-order valence-electron chi connectivity index (χ3n) is 3.74. The van der Waals surface area contributed by atoms with E-state index in [2.05, 4.69) is 15.6 Å². The van der Waals surface area contributed by atoms with Gasteiger partial charge in [-0.05, 0) is 24.4 Å². The summed E-state index contributed by atoms with van der Waals surface area (Å²) in [5, 5.41) is 20.4. The summed E-state index contributed by atoms with van der Waals surface area (Å²) in [4.78, 5) is 39.9. The molecular weight excluding hydrogens is 400 g/mol. The number of rotatable bonds is 7. The zero-order valence-electron chi connectivity index (χ0n) is 14.8. The molecule has 8 nitrogen and oxygen atoms in total. The summed E-state index contributed by atoms with van der Waals surface area (Å²) in [5.74, 6) is -0.514. The van der Waals surface area contributed by atoms with Gasteiger partial charge in [-0.2, -0.15) is 0 Å². The fourth-order valence-electron chi connectivity index (χ4n) is 2.43. The predicted octanol–water partition coefficient (Wildman–Crippen LogP) is 3.78. The predicted molar refractivity (Wildman–Crippen MR) is 109 cm³/mol. The topological polar surface area (TPSA) is 114 Å². The van der Waals surface area contributed by atoms with Crippen LogP contribution >= 0.6 is 22.7 Å². The van der Waals surface area contributed by atoms with Crippen LogP contribution in [0.1, 0.15) is 16.1 Å². The minimum atomic E-state index is -0.490. The summed E-state index contributed by atoms with van der Waals surface area (Å²) < 4.78 is 0. The first kappa shape index (κ1) is 19.6. The Labute approximate surface area is 168 Å². The third kappa shape index (κ3) is 5.21. The number of hydrogen-bond acceptors (Lipinski definition) is 7. The number of benzene rings is 1. The van der Waals surface area contributed by atoms with Crippen molar-refractivity contribution in [3.05, 3.63) is 67.3 Å². The SMILES string of the molecule is Cc1ccc(NC(=O)Cc2csc(NC(=O)Cc3cccs3)n2)cc1[N+](=O)[O-]. The lowest BCUT2D eigenvalue weighted by Gasteiger charge is -2.05. The number of hydrogen-bond donors (Lipinski definition) is 2. The first-order valence-electron chi connectivity index (χ1n) is 8.22. The number of nitro benzene ring substituents is 1. The standard InChI is InChI=1S/C18H16N4O4S2/c1-11-4-5-12(7-15(11)22(25)26)19-16(23)8-13-10-28-18(20-13)21-17(24)9-14-3-2-6-27-14/h2-7,10H,8-9H2,1H3,(H,19,23)(H,20,21,24). The number of nitrogens with zero attached hydrogens (tertiary/aromatic N) is 2. The molecule has 0 unspecified atom stereocenters. The number of thiazole rings is 1. The summed E-state index contributed by atoms with van der Waals surface area (Å²) in [6.07, 6.45) is 0.276. The molecule has 2 heterocycles. The zero-order chi connectivity index (χ0) is 20.1. The van der Waals surface area contributed by atoms with Crippen molar-refractivity contribution in [1.82, 2.24) is 4.98 Å². The Morgan fingerprint density at radius 1 is 1.14 bits per heavy atom. The summed E-state index contributed by atoms with van der Waals surface area (Å²) in [7, 11) is 0. The number of anilines is 2. The van der Waals surface area contributed by atoms with Crippen LogP contribution in [0.15, 0.2) is 41.1 Å².